The summed E-state index contributed by atoms with van der Waals surface area (Å²) in [6.45, 7) is 2.91. The number of carbonyl (C=O) groups is 2. The Hall–Kier alpha value is -2.08. The SMILES string of the molecule is COc1ccc(C)cc1C[NH+](C)CC(=O)NC(=O)NC1CCCCC1. The number of amides is 3. The number of benzene rings is 1. The van der Waals surface area contributed by atoms with Gasteiger partial charge in [-0.1, -0.05) is 30.9 Å². The summed E-state index contributed by atoms with van der Waals surface area (Å²) < 4.78 is 5.38. The topological polar surface area (TPSA) is 71.9 Å². The van der Waals surface area contributed by atoms with Crippen molar-refractivity contribution in [3.05, 3.63) is 29.3 Å². The van der Waals surface area contributed by atoms with Crippen molar-refractivity contribution in [1.29, 1.82) is 0 Å². The third-order valence-electron chi connectivity index (χ3n) is 4.58. The van der Waals surface area contributed by atoms with Crippen molar-refractivity contribution in [3.63, 3.8) is 0 Å². The van der Waals surface area contributed by atoms with E-state index in [1.807, 2.05) is 26.1 Å². The minimum absolute atomic E-state index is 0.197. The zero-order chi connectivity index (χ0) is 18.2. The minimum atomic E-state index is -0.377. The van der Waals surface area contributed by atoms with E-state index >= 15 is 0 Å². The summed E-state index contributed by atoms with van der Waals surface area (Å²) in [5, 5.41) is 5.34. The van der Waals surface area contributed by atoms with Crippen LogP contribution in [0.5, 0.6) is 5.75 Å². The highest BCUT2D eigenvalue weighted by Gasteiger charge is 2.19. The van der Waals surface area contributed by atoms with Crippen molar-refractivity contribution in [3.8, 4) is 5.75 Å². The predicted molar refractivity (Wildman–Crippen MR) is 96.7 cm³/mol. The Bertz CT molecular complexity index is 598. The van der Waals surface area contributed by atoms with Crippen LogP contribution in [-0.4, -0.2) is 38.7 Å². The molecule has 6 heteroatoms. The van der Waals surface area contributed by atoms with Crippen LogP contribution >= 0.6 is 0 Å². The van der Waals surface area contributed by atoms with Crippen LogP contribution in [0, 0.1) is 6.92 Å². The molecule has 1 aliphatic carbocycles. The molecule has 25 heavy (non-hydrogen) atoms. The lowest BCUT2D eigenvalue weighted by atomic mass is 9.96. The number of hydrogen-bond donors (Lipinski definition) is 3. The molecule has 0 saturated heterocycles. The summed E-state index contributed by atoms with van der Waals surface area (Å²) in [5.74, 6) is 0.554. The number of carbonyl (C=O) groups excluding carboxylic acids is 2. The van der Waals surface area contributed by atoms with E-state index in [2.05, 4.69) is 16.7 Å². The third-order valence-corrected chi connectivity index (χ3v) is 4.58. The molecule has 1 aromatic carbocycles. The molecule has 1 aliphatic rings. The minimum Gasteiger partial charge on any atom is -0.496 e. The summed E-state index contributed by atoms with van der Waals surface area (Å²) in [4.78, 5) is 25.0. The second kappa shape index (κ2) is 9.42. The van der Waals surface area contributed by atoms with E-state index in [0.717, 1.165) is 47.5 Å². The van der Waals surface area contributed by atoms with Crippen molar-refractivity contribution in [2.75, 3.05) is 20.7 Å². The molecule has 0 bridgehead atoms. The first-order chi connectivity index (χ1) is 12.0. The van der Waals surface area contributed by atoms with Crippen molar-refractivity contribution in [2.24, 2.45) is 0 Å². The Morgan fingerprint density at radius 1 is 1.24 bits per heavy atom. The van der Waals surface area contributed by atoms with Crippen LogP contribution in [-0.2, 0) is 11.3 Å². The maximum absolute atomic E-state index is 12.1. The molecule has 2 rings (SSSR count). The zero-order valence-corrected chi connectivity index (χ0v) is 15.5. The molecule has 0 aromatic heterocycles. The molecule has 1 fully saturated rings. The van der Waals surface area contributed by atoms with Crippen LogP contribution in [0.4, 0.5) is 4.79 Å². The number of ether oxygens (including phenoxy) is 1. The molecule has 1 saturated carbocycles. The largest absolute Gasteiger partial charge is 0.496 e. The standard InChI is InChI=1S/C19H29N3O3/c1-14-9-10-17(25-3)15(11-14)12-22(2)13-18(23)21-19(24)20-16-7-5-4-6-8-16/h9-11,16H,4-8,12-13H2,1-3H3,(H2,20,21,23,24)/p+1. The zero-order valence-electron chi connectivity index (χ0n) is 15.5. The van der Waals surface area contributed by atoms with Crippen molar-refractivity contribution in [1.82, 2.24) is 10.6 Å². The fourth-order valence-electron chi connectivity index (χ4n) is 3.35. The number of imide groups is 1. The normalized spacial score (nSPS) is 16.1. The van der Waals surface area contributed by atoms with E-state index < -0.39 is 0 Å². The van der Waals surface area contributed by atoms with Crippen LogP contribution in [0.2, 0.25) is 0 Å². The molecule has 1 unspecified atom stereocenters. The lowest BCUT2D eigenvalue weighted by Crippen LogP contribution is -3.09. The molecule has 0 aliphatic heterocycles. The molecule has 1 aromatic rings. The van der Waals surface area contributed by atoms with Gasteiger partial charge in [0.1, 0.15) is 12.3 Å². The Labute approximate surface area is 149 Å². The first kappa shape index (κ1) is 19.2. The Balaban J connectivity index is 1.79. The van der Waals surface area contributed by atoms with Gasteiger partial charge in [0, 0.05) is 11.6 Å². The second-order valence-corrected chi connectivity index (χ2v) is 6.98. The number of urea groups is 1. The highest BCUT2D eigenvalue weighted by atomic mass is 16.5. The molecule has 3 N–H and O–H groups in total. The van der Waals surface area contributed by atoms with Gasteiger partial charge >= 0.3 is 6.03 Å². The van der Waals surface area contributed by atoms with Gasteiger partial charge < -0.3 is 15.0 Å². The Morgan fingerprint density at radius 2 is 1.96 bits per heavy atom. The lowest BCUT2D eigenvalue weighted by Gasteiger charge is -2.22. The molecule has 138 valence electrons. The number of quaternary nitrogens is 1. The molecular weight excluding hydrogens is 318 g/mol. The number of nitrogens with one attached hydrogen (secondary N) is 3. The van der Waals surface area contributed by atoms with Crippen LogP contribution < -0.4 is 20.3 Å². The van der Waals surface area contributed by atoms with Crippen molar-refractivity contribution < 1.29 is 19.2 Å². The average molecular weight is 348 g/mol. The van der Waals surface area contributed by atoms with E-state index in [1.54, 1.807) is 7.11 Å². The highest BCUT2D eigenvalue weighted by Crippen LogP contribution is 2.18. The number of rotatable bonds is 6. The van der Waals surface area contributed by atoms with Crippen LogP contribution in [0.3, 0.4) is 0 Å². The maximum Gasteiger partial charge on any atom is 0.321 e. The van der Waals surface area contributed by atoms with Crippen LogP contribution in [0.15, 0.2) is 18.2 Å². The van der Waals surface area contributed by atoms with Gasteiger partial charge in [-0.3, -0.25) is 10.1 Å². The lowest BCUT2D eigenvalue weighted by molar-refractivity contribution is -0.885. The van der Waals surface area contributed by atoms with Crippen LogP contribution in [0.1, 0.15) is 43.2 Å². The fraction of sp³-hybridized carbons (Fsp3) is 0.579. The predicted octanol–water partition coefficient (Wildman–Crippen LogP) is 1.18. The Kier molecular flexibility index (Phi) is 7.25. The van der Waals surface area contributed by atoms with E-state index in [4.69, 9.17) is 4.74 Å². The Morgan fingerprint density at radius 3 is 2.64 bits per heavy atom. The van der Waals surface area contributed by atoms with Gasteiger partial charge in [0.05, 0.1) is 14.2 Å². The third kappa shape index (κ3) is 6.38. The number of hydrogen-bond acceptors (Lipinski definition) is 3. The van der Waals surface area contributed by atoms with Crippen LogP contribution in [0.25, 0.3) is 0 Å². The van der Waals surface area contributed by atoms with Crippen molar-refractivity contribution >= 4 is 11.9 Å². The first-order valence-electron chi connectivity index (χ1n) is 9.03. The smallest absolute Gasteiger partial charge is 0.321 e. The summed E-state index contributed by atoms with van der Waals surface area (Å²) in [6.07, 6.45) is 5.52. The van der Waals surface area contributed by atoms with E-state index in [0.29, 0.717) is 6.54 Å². The quantitative estimate of drug-likeness (QED) is 0.723. The molecule has 0 heterocycles. The van der Waals surface area contributed by atoms with E-state index in [-0.39, 0.29) is 24.5 Å². The molecule has 3 amide bonds. The molecule has 0 spiro atoms. The number of methoxy groups -OCH3 is 1. The van der Waals surface area contributed by atoms with E-state index in [1.165, 1.54) is 6.42 Å². The number of aryl methyl sites for hydroxylation is 1. The highest BCUT2D eigenvalue weighted by molar-refractivity contribution is 5.94. The van der Waals surface area contributed by atoms with Gasteiger partial charge in [0.15, 0.2) is 6.54 Å². The van der Waals surface area contributed by atoms with E-state index in [9.17, 15) is 9.59 Å². The summed E-state index contributed by atoms with van der Waals surface area (Å²) in [5.41, 5.74) is 2.21. The van der Waals surface area contributed by atoms with Gasteiger partial charge in [0.2, 0.25) is 0 Å². The summed E-state index contributed by atoms with van der Waals surface area (Å²) in [6, 6.07) is 5.83. The molecule has 6 nitrogen and oxygen atoms in total. The maximum atomic E-state index is 12.1. The van der Waals surface area contributed by atoms with Crippen molar-refractivity contribution in [2.45, 2.75) is 51.6 Å². The summed E-state index contributed by atoms with van der Waals surface area (Å²) in [7, 11) is 3.58. The van der Waals surface area contributed by atoms with Gasteiger partial charge in [-0.2, -0.15) is 0 Å². The molecule has 1 atom stereocenters. The summed E-state index contributed by atoms with van der Waals surface area (Å²) >= 11 is 0. The monoisotopic (exact) mass is 348 g/mol. The first-order valence-corrected chi connectivity index (χ1v) is 9.03. The second-order valence-electron chi connectivity index (χ2n) is 6.98. The van der Waals surface area contributed by atoms with Gasteiger partial charge in [-0.05, 0) is 31.9 Å². The number of likely N-dealkylation sites (N-methyl/N-ethyl adjacent to an activating group) is 1. The van der Waals surface area contributed by atoms with Gasteiger partial charge in [0.25, 0.3) is 5.91 Å². The van der Waals surface area contributed by atoms with Gasteiger partial charge in [-0.25, -0.2) is 4.79 Å². The van der Waals surface area contributed by atoms with Gasteiger partial charge in [-0.15, -0.1) is 0 Å². The molecule has 0 radical (unpaired) electrons. The average Bonchev–Trinajstić information content (AvgIpc) is 2.55. The fourth-order valence-corrected chi connectivity index (χ4v) is 3.35. The molecular formula is C19H30N3O3+.